The van der Waals surface area contributed by atoms with Crippen molar-refractivity contribution >= 4 is 11.8 Å². The molecule has 0 spiro atoms. The van der Waals surface area contributed by atoms with Gasteiger partial charge in [-0.25, -0.2) is 0 Å². The molecular formula is C28H37N3O5. The summed E-state index contributed by atoms with van der Waals surface area (Å²) in [6.45, 7) is 9.08. The highest BCUT2D eigenvalue weighted by Gasteiger charge is 2.31. The maximum atomic E-state index is 13.2. The van der Waals surface area contributed by atoms with E-state index in [4.69, 9.17) is 14.2 Å². The summed E-state index contributed by atoms with van der Waals surface area (Å²) in [5, 5.41) is 3.26. The van der Waals surface area contributed by atoms with Gasteiger partial charge >= 0.3 is 0 Å². The molecule has 2 saturated heterocycles. The molecule has 2 atom stereocenters. The van der Waals surface area contributed by atoms with Gasteiger partial charge in [0.1, 0.15) is 0 Å². The first-order valence-electron chi connectivity index (χ1n) is 12.9. The molecule has 8 heteroatoms. The van der Waals surface area contributed by atoms with Crippen LogP contribution in [0.5, 0.6) is 11.5 Å². The molecule has 0 bridgehead atoms. The number of piperidine rings is 1. The molecule has 2 aromatic rings. The number of nitrogens with one attached hydrogen (secondary N) is 1. The van der Waals surface area contributed by atoms with Crippen molar-refractivity contribution in [2.45, 2.75) is 32.2 Å². The van der Waals surface area contributed by atoms with Gasteiger partial charge < -0.3 is 29.3 Å². The fourth-order valence-electron chi connectivity index (χ4n) is 4.89. The number of morpholine rings is 1. The second-order valence-electron chi connectivity index (χ2n) is 9.29. The molecule has 0 saturated carbocycles. The number of amides is 2. The summed E-state index contributed by atoms with van der Waals surface area (Å²) in [5.41, 5.74) is 2.25. The maximum Gasteiger partial charge on any atom is 0.254 e. The lowest BCUT2D eigenvalue weighted by molar-refractivity contribution is 0.0303. The van der Waals surface area contributed by atoms with Crippen LogP contribution in [0.25, 0.3) is 0 Å². The average molecular weight is 496 g/mol. The molecule has 2 aliphatic heterocycles. The third-order valence-electron chi connectivity index (χ3n) is 6.82. The van der Waals surface area contributed by atoms with Gasteiger partial charge in [0.15, 0.2) is 11.5 Å². The topological polar surface area (TPSA) is 80.3 Å². The second-order valence-corrected chi connectivity index (χ2v) is 9.29. The summed E-state index contributed by atoms with van der Waals surface area (Å²) in [4.78, 5) is 30.0. The Bertz CT molecular complexity index is 1040. The van der Waals surface area contributed by atoms with Gasteiger partial charge in [0.05, 0.1) is 26.4 Å². The first-order valence-corrected chi connectivity index (χ1v) is 12.9. The molecule has 0 aromatic heterocycles. The molecule has 4 rings (SSSR count). The fraction of sp³-hybridized carbons (Fsp3) is 0.500. The van der Waals surface area contributed by atoms with E-state index in [0.29, 0.717) is 50.6 Å². The van der Waals surface area contributed by atoms with Crippen LogP contribution in [0.1, 0.15) is 52.5 Å². The highest BCUT2D eigenvalue weighted by Crippen LogP contribution is 2.34. The molecule has 0 radical (unpaired) electrons. The predicted octanol–water partition coefficient (Wildman–Crippen LogP) is 3.17. The summed E-state index contributed by atoms with van der Waals surface area (Å²) < 4.78 is 16.9. The number of likely N-dealkylation sites (N-methyl/N-ethyl adjacent to an activating group) is 1. The van der Waals surface area contributed by atoms with Gasteiger partial charge in [-0.15, -0.1) is 0 Å². The summed E-state index contributed by atoms with van der Waals surface area (Å²) >= 11 is 0. The van der Waals surface area contributed by atoms with Crippen LogP contribution in [-0.4, -0.2) is 87.3 Å². The minimum atomic E-state index is -0.129. The molecule has 1 N–H and O–H groups in total. The van der Waals surface area contributed by atoms with E-state index >= 15 is 0 Å². The zero-order valence-electron chi connectivity index (χ0n) is 21.5. The van der Waals surface area contributed by atoms with Crippen LogP contribution in [0.4, 0.5) is 0 Å². The first kappa shape index (κ1) is 26.0. The molecule has 0 unspecified atom stereocenters. The highest BCUT2D eigenvalue weighted by molar-refractivity contribution is 5.98. The lowest BCUT2D eigenvalue weighted by atomic mass is 9.85. The number of likely N-dealkylation sites (tertiary alicyclic amines) is 1. The maximum absolute atomic E-state index is 13.2. The molecule has 8 nitrogen and oxygen atoms in total. The summed E-state index contributed by atoms with van der Waals surface area (Å²) in [5.74, 6) is 1.43. The zero-order chi connectivity index (χ0) is 25.5. The fourth-order valence-corrected chi connectivity index (χ4v) is 4.89. The van der Waals surface area contributed by atoms with Crippen LogP contribution in [0.15, 0.2) is 42.5 Å². The van der Waals surface area contributed by atoms with Gasteiger partial charge in [-0.05, 0) is 75.8 Å². The Balaban J connectivity index is 1.47. The van der Waals surface area contributed by atoms with Gasteiger partial charge in [-0.3, -0.25) is 9.59 Å². The van der Waals surface area contributed by atoms with Gasteiger partial charge in [-0.2, -0.15) is 0 Å². The predicted molar refractivity (Wildman–Crippen MR) is 138 cm³/mol. The van der Waals surface area contributed by atoms with Crippen LogP contribution in [-0.2, 0) is 4.74 Å². The van der Waals surface area contributed by atoms with Crippen LogP contribution in [0.2, 0.25) is 0 Å². The van der Waals surface area contributed by atoms with E-state index in [-0.39, 0.29) is 23.8 Å². The van der Waals surface area contributed by atoms with E-state index in [1.165, 1.54) is 0 Å². The molecule has 2 heterocycles. The first-order chi connectivity index (χ1) is 17.5. The minimum Gasteiger partial charge on any atom is -0.490 e. The zero-order valence-corrected chi connectivity index (χ0v) is 21.5. The normalized spacial score (nSPS) is 20.6. The Morgan fingerprint density at radius 1 is 0.944 bits per heavy atom. The Hall–Kier alpha value is -3.10. The van der Waals surface area contributed by atoms with Crippen LogP contribution >= 0.6 is 0 Å². The van der Waals surface area contributed by atoms with Gasteiger partial charge in [0.25, 0.3) is 11.8 Å². The molecule has 36 heavy (non-hydrogen) atoms. The van der Waals surface area contributed by atoms with Gasteiger partial charge in [0, 0.05) is 42.7 Å². The van der Waals surface area contributed by atoms with Crippen LogP contribution in [0.3, 0.4) is 0 Å². The SMILES string of the molecule is CCOc1ccc([C@H]2CN(C)CC[C@H]2NC(=O)c2ccc(C(=O)N3CCOCC3)cc2)cc1OCC. The third-order valence-corrected chi connectivity index (χ3v) is 6.82. The van der Waals surface area contributed by atoms with E-state index in [1.54, 1.807) is 29.2 Å². The number of benzene rings is 2. The van der Waals surface area contributed by atoms with E-state index in [1.807, 2.05) is 26.0 Å². The smallest absolute Gasteiger partial charge is 0.254 e. The Morgan fingerprint density at radius 2 is 1.61 bits per heavy atom. The van der Waals surface area contributed by atoms with Crippen molar-refractivity contribution in [3.63, 3.8) is 0 Å². The second kappa shape index (κ2) is 12.2. The van der Waals surface area contributed by atoms with Crippen molar-refractivity contribution in [2.75, 3.05) is 59.7 Å². The van der Waals surface area contributed by atoms with Crippen LogP contribution < -0.4 is 14.8 Å². The third kappa shape index (κ3) is 6.17. The van der Waals surface area contributed by atoms with Crippen LogP contribution in [0, 0.1) is 0 Å². The lowest BCUT2D eigenvalue weighted by Gasteiger charge is -2.37. The summed E-state index contributed by atoms with van der Waals surface area (Å²) in [6, 6.07) is 13.0. The largest absolute Gasteiger partial charge is 0.490 e. The molecule has 0 aliphatic carbocycles. The van der Waals surface area contributed by atoms with E-state index in [0.717, 1.165) is 36.6 Å². The van der Waals surface area contributed by atoms with Gasteiger partial charge in [-0.1, -0.05) is 6.07 Å². The molecule has 2 aromatic carbocycles. The molecular weight excluding hydrogens is 458 g/mol. The average Bonchev–Trinajstić information content (AvgIpc) is 2.91. The standard InChI is InChI=1S/C28H37N3O5/c1-4-35-25-11-10-22(18-26(25)36-5-2)23-19-30(3)13-12-24(23)29-27(32)20-6-8-21(9-7-20)28(33)31-14-16-34-17-15-31/h6-11,18,23-24H,4-5,12-17,19H2,1-3H3,(H,29,32)/t23-,24-/m1/s1. The quantitative estimate of drug-likeness (QED) is 0.606. The molecule has 194 valence electrons. The Labute approximate surface area is 213 Å². The van der Waals surface area contributed by atoms with Crippen molar-refractivity contribution in [1.82, 2.24) is 15.1 Å². The van der Waals surface area contributed by atoms with Crippen molar-refractivity contribution in [2.24, 2.45) is 0 Å². The summed E-state index contributed by atoms with van der Waals surface area (Å²) in [7, 11) is 2.10. The lowest BCUT2D eigenvalue weighted by Crippen LogP contribution is -2.48. The van der Waals surface area contributed by atoms with E-state index in [2.05, 4.69) is 23.3 Å². The van der Waals surface area contributed by atoms with Gasteiger partial charge in [0.2, 0.25) is 0 Å². The number of rotatable bonds is 8. The van der Waals surface area contributed by atoms with E-state index < -0.39 is 0 Å². The number of hydrogen-bond acceptors (Lipinski definition) is 6. The van der Waals surface area contributed by atoms with Crippen molar-refractivity contribution in [1.29, 1.82) is 0 Å². The summed E-state index contributed by atoms with van der Waals surface area (Å²) in [6.07, 6.45) is 0.845. The number of ether oxygens (including phenoxy) is 3. The minimum absolute atomic E-state index is 0.0178. The highest BCUT2D eigenvalue weighted by atomic mass is 16.5. The Kier molecular flexibility index (Phi) is 8.83. The Morgan fingerprint density at radius 3 is 2.31 bits per heavy atom. The molecule has 2 aliphatic rings. The number of nitrogens with zero attached hydrogens (tertiary/aromatic N) is 2. The monoisotopic (exact) mass is 495 g/mol. The van der Waals surface area contributed by atoms with E-state index in [9.17, 15) is 9.59 Å². The number of carbonyl (C=O) groups excluding carboxylic acids is 2. The number of hydrogen-bond donors (Lipinski definition) is 1. The van der Waals surface area contributed by atoms with Crippen molar-refractivity contribution in [3.05, 3.63) is 59.2 Å². The molecule has 2 amide bonds. The van der Waals surface area contributed by atoms with Crippen molar-refractivity contribution < 1.29 is 23.8 Å². The van der Waals surface area contributed by atoms with Crippen molar-refractivity contribution in [3.8, 4) is 11.5 Å². The molecule has 2 fully saturated rings. The number of carbonyl (C=O) groups is 2.